The average molecular weight is 872 g/mol. The van der Waals surface area contributed by atoms with Crippen LogP contribution in [0, 0.1) is 0 Å². The molecule has 2 saturated heterocycles. The minimum Gasteiger partial charge on any atom is -0.463 e. The molecular weight excluding hydrogens is 826 g/mol. The molecule has 3 aromatic carbocycles. The fourth-order valence-corrected chi connectivity index (χ4v) is 7.23. The van der Waals surface area contributed by atoms with E-state index in [-0.39, 0.29) is 35.5 Å². The van der Waals surface area contributed by atoms with Crippen molar-refractivity contribution in [2.75, 3.05) is 19.8 Å². The number of carbonyl (C=O) groups is 7. The van der Waals surface area contributed by atoms with E-state index in [9.17, 15) is 33.6 Å². The molecular formula is C45H45NO17. The van der Waals surface area contributed by atoms with Gasteiger partial charge in [0, 0.05) is 13.8 Å². The number of nitrogens with zero attached hydrogens (tertiary/aromatic N) is 1. The van der Waals surface area contributed by atoms with Gasteiger partial charge in [0.1, 0.15) is 31.5 Å². The second kappa shape index (κ2) is 20.9. The van der Waals surface area contributed by atoms with Crippen molar-refractivity contribution in [3.05, 3.63) is 132 Å². The Hall–Kier alpha value is -6.73. The molecule has 0 N–H and O–H groups in total. The van der Waals surface area contributed by atoms with Gasteiger partial charge in [0.05, 0.1) is 35.0 Å². The van der Waals surface area contributed by atoms with Gasteiger partial charge in [-0.25, -0.2) is 14.4 Å². The summed E-state index contributed by atoms with van der Waals surface area (Å²) in [7, 11) is 0. The summed E-state index contributed by atoms with van der Waals surface area (Å²) < 4.78 is 59.4. The third kappa shape index (κ3) is 10.7. The molecule has 0 radical (unpaired) electrons. The van der Waals surface area contributed by atoms with Crippen LogP contribution in [0.1, 0.15) is 62.2 Å². The van der Waals surface area contributed by atoms with Crippen molar-refractivity contribution in [1.29, 1.82) is 0 Å². The lowest BCUT2D eigenvalue weighted by atomic mass is 9.93. The molecule has 3 aliphatic heterocycles. The summed E-state index contributed by atoms with van der Waals surface area (Å²) in [6, 6.07) is 19.8. The number of fused-ring (bicyclic) bond motifs is 1. The maximum atomic E-state index is 14.4. The lowest BCUT2D eigenvalue weighted by molar-refractivity contribution is -0.345. The molecule has 3 aliphatic rings. The fraction of sp³-hybridized carbons (Fsp3) is 0.356. The lowest BCUT2D eigenvalue weighted by Crippen LogP contribution is -2.70. The van der Waals surface area contributed by atoms with Gasteiger partial charge in [-0.1, -0.05) is 67.3 Å². The van der Waals surface area contributed by atoms with Crippen LogP contribution < -0.4 is 0 Å². The smallest absolute Gasteiger partial charge is 0.463 e. The summed E-state index contributed by atoms with van der Waals surface area (Å²) in [5.41, 5.74) is 0.149. The Kier molecular flexibility index (Phi) is 15.2. The largest absolute Gasteiger partial charge is 0.509 e. The number of esters is 4. The summed E-state index contributed by atoms with van der Waals surface area (Å²) >= 11 is 0. The van der Waals surface area contributed by atoms with E-state index in [0.29, 0.717) is 4.90 Å². The van der Waals surface area contributed by atoms with Gasteiger partial charge in [-0.3, -0.25) is 24.1 Å². The zero-order chi connectivity index (χ0) is 45.2. The summed E-state index contributed by atoms with van der Waals surface area (Å²) in [4.78, 5) is 95.4. The Balaban J connectivity index is 1.53. The van der Waals surface area contributed by atoms with E-state index >= 15 is 0 Å². The first-order chi connectivity index (χ1) is 30.3. The van der Waals surface area contributed by atoms with Crippen LogP contribution >= 0.6 is 0 Å². The molecule has 0 unspecified atom stereocenters. The lowest BCUT2D eigenvalue weighted by Gasteiger charge is -2.50. The Morgan fingerprint density at radius 3 is 1.71 bits per heavy atom. The van der Waals surface area contributed by atoms with Crippen LogP contribution in [0.25, 0.3) is 0 Å². The number of carbonyl (C=O) groups excluding carboxylic acids is 7. The van der Waals surface area contributed by atoms with E-state index in [1.807, 2.05) is 0 Å². The fourth-order valence-electron chi connectivity index (χ4n) is 7.23. The predicted octanol–water partition coefficient (Wildman–Crippen LogP) is 4.36. The maximum absolute atomic E-state index is 14.4. The van der Waals surface area contributed by atoms with E-state index in [2.05, 4.69) is 13.2 Å². The quantitative estimate of drug-likeness (QED) is 0.0846. The van der Waals surface area contributed by atoms with Crippen LogP contribution in [0.5, 0.6) is 0 Å². The third-order valence-corrected chi connectivity index (χ3v) is 9.94. The van der Waals surface area contributed by atoms with E-state index in [0.717, 1.165) is 13.8 Å². The molecule has 10 atom stereocenters. The van der Waals surface area contributed by atoms with Crippen molar-refractivity contribution in [2.24, 2.45) is 0 Å². The monoisotopic (exact) mass is 871 g/mol. The number of amides is 2. The first-order valence-corrected chi connectivity index (χ1v) is 19.8. The number of imide groups is 1. The second-order valence-electron chi connectivity index (χ2n) is 14.3. The third-order valence-electron chi connectivity index (χ3n) is 9.94. The Morgan fingerprint density at radius 1 is 0.619 bits per heavy atom. The molecule has 0 aromatic heterocycles. The highest BCUT2D eigenvalue weighted by Crippen LogP contribution is 2.39. The van der Waals surface area contributed by atoms with Crippen molar-refractivity contribution >= 4 is 41.8 Å². The zero-order valence-corrected chi connectivity index (χ0v) is 34.4. The molecule has 18 nitrogen and oxygen atoms in total. The number of hydrogen-bond donors (Lipinski definition) is 0. The van der Waals surface area contributed by atoms with E-state index in [4.69, 9.17) is 47.4 Å². The Labute approximate surface area is 361 Å². The molecule has 0 spiro atoms. The zero-order valence-electron chi connectivity index (χ0n) is 34.4. The van der Waals surface area contributed by atoms with Crippen molar-refractivity contribution < 1.29 is 80.9 Å². The van der Waals surface area contributed by atoms with E-state index in [1.165, 1.54) is 67.6 Å². The standard InChI is InChI=1S/C45H45NO17/c1-6-22-54-44-38(61-42(52)29-18-12-9-13-19-29)37(34(25(3)57-44)60-41(51)28-16-10-8-11-17-28)62-43-33(46-39(49)30-20-14-15-21-31(30)40(46)50)36(63-45(53)55-23-7-2)35(58-27(5)48)32(59-43)24-56-26(4)47/h6-21,25,32-38,43-44H,1-2,22-24H2,3-5H3/t25-,32+,33+,34+,35+,36+,37+,38-,43-,44+/m0/s1. The number of hydrogen-bond acceptors (Lipinski definition) is 17. The highest BCUT2D eigenvalue weighted by molar-refractivity contribution is 6.21. The maximum Gasteiger partial charge on any atom is 0.509 e. The van der Waals surface area contributed by atoms with Gasteiger partial charge in [-0.2, -0.15) is 0 Å². The first kappa shape index (κ1) is 45.8. The van der Waals surface area contributed by atoms with Crippen molar-refractivity contribution in [2.45, 2.75) is 82.1 Å². The minimum atomic E-state index is -1.97. The van der Waals surface area contributed by atoms with Gasteiger partial charge < -0.3 is 47.4 Å². The van der Waals surface area contributed by atoms with Crippen LogP contribution in [0.3, 0.4) is 0 Å². The van der Waals surface area contributed by atoms with Crippen LogP contribution in [0.2, 0.25) is 0 Å². The highest BCUT2D eigenvalue weighted by atomic mass is 16.8. The average Bonchev–Trinajstić information content (AvgIpc) is 3.52. The summed E-state index contributed by atoms with van der Waals surface area (Å²) in [6.07, 6.45) is -13.1. The van der Waals surface area contributed by atoms with E-state index in [1.54, 1.807) is 36.4 Å². The molecule has 332 valence electrons. The number of ether oxygens (including phenoxy) is 10. The summed E-state index contributed by atoms with van der Waals surface area (Å²) in [6.45, 7) is 9.76. The topological polar surface area (TPSA) is 215 Å². The van der Waals surface area contributed by atoms with Crippen LogP contribution in [0.4, 0.5) is 4.79 Å². The molecule has 0 saturated carbocycles. The van der Waals surface area contributed by atoms with Crippen molar-refractivity contribution in [1.82, 2.24) is 4.90 Å². The number of benzene rings is 3. The summed E-state index contributed by atoms with van der Waals surface area (Å²) in [5, 5.41) is 0. The van der Waals surface area contributed by atoms with Crippen LogP contribution in [0.15, 0.2) is 110 Å². The van der Waals surface area contributed by atoms with Crippen LogP contribution in [-0.2, 0) is 57.0 Å². The molecule has 0 aliphatic carbocycles. The molecule has 3 heterocycles. The van der Waals surface area contributed by atoms with Gasteiger partial charge in [0.15, 0.2) is 37.0 Å². The summed E-state index contributed by atoms with van der Waals surface area (Å²) in [5.74, 6) is -5.23. The highest BCUT2D eigenvalue weighted by Gasteiger charge is 2.60. The first-order valence-electron chi connectivity index (χ1n) is 19.8. The molecule has 0 bridgehead atoms. The normalized spacial score (nSPS) is 26.4. The van der Waals surface area contributed by atoms with Gasteiger partial charge in [-0.15, -0.1) is 6.58 Å². The molecule has 63 heavy (non-hydrogen) atoms. The van der Waals surface area contributed by atoms with Gasteiger partial charge >= 0.3 is 30.0 Å². The molecule has 6 rings (SSSR count). The van der Waals surface area contributed by atoms with Crippen molar-refractivity contribution in [3.63, 3.8) is 0 Å². The minimum absolute atomic E-state index is 0.0396. The van der Waals surface area contributed by atoms with Gasteiger partial charge in [0.25, 0.3) is 11.8 Å². The van der Waals surface area contributed by atoms with Crippen LogP contribution in [-0.4, -0.2) is 128 Å². The van der Waals surface area contributed by atoms with E-state index < -0.39 is 110 Å². The van der Waals surface area contributed by atoms with Crippen molar-refractivity contribution in [3.8, 4) is 0 Å². The molecule has 2 fully saturated rings. The Bertz CT molecular complexity index is 2140. The predicted molar refractivity (Wildman–Crippen MR) is 215 cm³/mol. The second-order valence-corrected chi connectivity index (χ2v) is 14.3. The van der Waals surface area contributed by atoms with Gasteiger partial charge in [-0.05, 0) is 43.3 Å². The number of rotatable bonds is 16. The molecule has 18 heteroatoms. The van der Waals surface area contributed by atoms with Gasteiger partial charge in [0.2, 0.25) is 0 Å². The SMILES string of the molecule is C=CCOC(=O)O[C@H]1[C@H](OC(C)=O)[C@@H](COC(C)=O)O[C@@H](O[C@H]2[C@H](OC(=O)c3ccccc3)[C@H](OCC=C)O[C@@H](C)[C@H]2OC(=O)c2ccccc2)[C@@H]1N1C(=O)c2ccccc2C1=O. The molecule has 3 aromatic rings. The molecule has 2 amide bonds. The Morgan fingerprint density at radius 2 is 1.17 bits per heavy atom.